The zero-order valence-electron chi connectivity index (χ0n) is 14.7. The Bertz CT molecular complexity index is 372. The largest absolute Gasteiger partial charge is 0.444 e. The summed E-state index contributed by atoms with van der Waals surface area (Å²) < 4.78 is 10.4. The molecule has 3 N–H and O–H groups in total. The molecule has 23 heavy (non-hydrogen) atoms. The minimum Gasteiger partial charge on any atom is -0.444 e. The fraction of sp³-hybridized carbons (Fsp3) is 0.875. The molecule has 7 heteroatoms. The van der Waals surface area contributed by atoms with Crippen molar-refractivity contribution >= 4 is 12.0 Å². The molecule has 0 saturated carbocycles. The lowest BCUT2D eigenvalue weighted by Gasteiger charge is -2.28. The van der Waals surface area contributed by atoms with Crippen molar-refractivity contribution in [1.29, 1.82) is 0 Å². The van der Waals surface area contributed by atoms with Gasteiger partial charge in [0.05, 0.1) is 6.61 Å². The van der Waals surface area contributed by atoms with E-state index in [0.29, 0.717) is 26.1 Å². The molecule has 2 unspecified atom stereocenters. The van der Waals surface area contributed by atoms with Gasteiger partial charge in [0.15, 0.2) is 0 Å². The summed E-state index contributed by atoms with van der Waals surface area (Å²) in [6.07, 6.45) is 2.75. The molecule has 0 aromatic heterocycles. The molecule has 1 fully saturated rings. The molecule has 1 aliphatic heterocycles. The predicted octanol–water partition coefficient (Wildman–Crippen LogP) is 1.17. The Morgan fingerprint density at radius 1 is 1.43 bits per heavy atom. The molecular formula is C16H31N3O4. The van der Waals surface area contributed by atoms with Gasteiger partial charge in [-0.25, -0.2) is 4.79 Å². The van der Waals surface area contributed by atoms with Crippen LogP contribution >= 0.6 is 0 Å². The third-order valence-corrected chi connectivity index (χ3v) is 3.50. The Morgan fingerprint density at radius 3 is 2.74 bits per heavy atom. The van der Waals surface area contributed by atoms with Gasteiger partial charge in [0.25, 0.3) is 0 Å². The van der Waals surface area contributed by atoms with E-state index in [4.69, 9.17) is 9.47 Å². The SMILES string of the molecule is COCC(CCCNC(=O)OC(C)(C)C)NC1CCC(=O)NC1. The van der Waals surface area contributed by atoms with Crippen LogP contribution in [0.4, 0.5) is 4.79 Å². The number of amides is 2. The standard InChI is InChI=1S/C16H31N3O4/c1-16(2,3)23-15(21)17-9-5-6-13(11-22-4)19-12-7-8-14(20)18-10-12/h12-13,19H,5-11H2,1-4H3,(H,17,21)(H,18,20). The van der Waals surface area contributed by atoms with Crippen LogP contribution in [0, 0.1) is 0 Å². The van der Waals surface area contributed by atoms with Crippen LogP contribution in [0.1, 0.15) is 46.5 Å². The maximum Gasteiger partial charge on any atom is 0.407 e. The second-order valence-corrected chi connectivity index (χ2v) is 6.93. The lowest BCUT2D eigenvalue weighted by Crippen LogP contribution is -2.50. The van der Waals surface area contributed by atoms with Crippen molar-refractivity contribution in [2.45, 2.75) is 64.1 Å². The van der Waals surface area contributed by atoms with Crippen LogP contribution < -0.4 is 16.0 Å². The average molecular weight is 329 g/mol. The van der Waals surface area contributed by atoms with E-state index < -0.39 is 5.60 Å². The molecule has 7 nitrogen and oxygen atoms in total. The summed E-state index contributed by atoms with van der Waals surface area (Å²) in [6, 6.07) is 0.493. The number of methoxy groups -OCH3 is 1. The van der Waals surface area contributed by atoms with Gasteiger partial charge >= 0.3 is 6.09 Å². The van der Waals surface area contributed by atoms with Crippen molar-refractivity contribution in [3.8, 4) is 0 Å². The zero-order chi connectivity index (χ0) is 17.3. The van der Waals surface area contributed by atoms with E-state index >= 15 is 0 Å². The van der Waals surface area contributed by atoms with E-state index in [-0.39, 0.29) is 24.1 Å². The molecule has 0 radical (unpaired) electrons. The minimum absolute atomic E-state index is 0.118. The van der Waals surface area contributed by atoms with Crippen LogP contribution in [-0.2, 0) is 14.3 Å². The second kappa shape index (κ2) is 9.72. The van der Waals surface area contributed by atoms with Gasteiger partial charge < -0.3 is 25.4 Å². The zero-order valence-corrected chi connectivity index (χ0v) is 14.7. The van der Waals surface area contributed by atoms with E-state index in [1.165, 1.54) is 0 Å². The molecule has 0 aromatic rings. The van der Waals surface area contributed by atoms with Gasteiger partial charge in [-0.3, -0.25) is 4.79 Å². The molecule has 1 saturated heterocycles. The highest BCUT2D eigenvalue weighted by Gasteiger charge is 2.21. The monoisotopic (exact) mass is 329 g/mol. The van der Waals surface area contributed by atoms with Gasteiger partial charge in [-0.1, -0.05) is 0 Å². The highest BCUT2D eigenvalue weighted by Crippen LogP contribution is 2.08. The van der Waals surface area contributed by atoms with E-state index in [9.17, 15) is 9.59 Å². The van der Waals surface area contributed by atoms with E-state index in [1.54, 1.807) is 7.11 Å². The first-order valence-corrected chi connectivity index (χ1v) is 8.28. The van der Waals surface area contributed by atoms with Crippen LogP contribution in [0.5, 0.6) is 0 Å². The molecule has 134 valence electrons. The number of nitrogens with one attached hydrogen (secondary N) is 3. The van der Waals surface area contributed by atoms with Gasteiger partial charge in [0.2, 0.25) is 5.91 Å². The van der Waals surface area contributed by atoms with Crippen LogP contribution in [0.25, 0.3) is 0 Å². The van der Waals surface area contributed by atoms with Crippen molar-refractivity contribution < 1.29 is 19.1 Å². The Kier molecular flexibility index (Phi) is 8.33. The lowest BCUT2D eigenvalue weighted by molar-refractivity contribution is -0.122. The number of hydrogen-bond acceptors (Lipinski definition) is 5. The first kappa shape index (κ1) is 19.7. The molecule has 0 bridgehead atoms. The van der Waals surface area contributed by atoms with Gasteiger partial charge in [-0.2, -0.15) is 0 Å². The molecule has 2 amide bonds. The highest BCUT2D eigenvalue weighted by atomic mass is 16.6. The summed E-state index contributed by atoms with van der Waals surface area (Å²) in [5.41, 5.74) is -0.477. The Morgan fingerprint density at radius 2 is 2.17 bits per heavy atom. The number of ether oxygens (including phenoxy) is 2. The summed E-state index contributed by atoms with van der Waals surface area (Å²) in [4.78, 5) is 22.7. The van der Waals surface area contributed by atoms with Crippen molar-refractivity contribution in [2.75, 3.05) is 26.8 Å². The quantitative estimate of drug-likeness (QED) is 0.582. The van der Waals surface area contributed by atoms with E-state index in [2.05, 4.69) is 16.0 Å². The molecule has 1 rings (SSSR count). The third kappa shape index (κ3) is 9.40. The summed E-state index contributed by atoms with van der Waals surface area (Å²) in [5.74, 6) is 0.118. The molecule has 1 heterocycles. The minimum atomic E-state index is -0.477. The molecular weight excluding hydrogens is 298 g/mol. The predicted molar refractivity (Wildman–Crippen MR) is 88.3 cm³/mol. The van der Waals surface area contributed by atoms with Crippen LogP contribution in [0.15, 0.2) is 0 Å². The average Bonchev–Trinajstić information content (AvgIpc) is 2.44. The van der Waals surface area contributed by atoms with Crippen molar-refractivity contribution in [3.05, 3.63) is 0 Å². The molecule has 0 spiro atoms. The molecule has 0 aliphatic carbocycles. The van der Waals surface area contributed by atoms with Crippen molar-refractivity contribution in [3.63, 3.8) is 0 Å². The smallest absolute Gasteiger partial charge is 0.407 e. The maximum absolute atomic E-state index is 11.6. The van der Waals surface area contributed by atoms with Crippen molar-refractivity contribution in [1.82, 2.24) is 16.0 Å². The number of rotatable bonds is 8. The third-order valence-electron chi connectivity index (χ3n) is 3.50. The first-order chi connectivity index (χ1) is 10.8. The fourth-order valence-electron chi connectivity index (χ4n) is 2.48. The number of piperidine rings is 1. The first-order valence-electron chi connectivity index (χ1n) is 8.28. The number of hydrogen-bond donors (Lipinski definition) is 3. The number of carbonyl (C=O) groups is 2. The number of alkyl carbamates (subject to hydrolysis) is 1. The Hall–Kier alpha value is -1.34. The van der Waals surface area contributed by atoms with Gasteiger partial charge in [-0.15, -0.1) is 0 Å². The topological polar surface area (TPSA) is 88.7 Å². The summed E-state index contributed by atoms with van der Waals surface area (Å²) in [7, 11) is 1.68. The lowest BCUT2D eigenvalue weighted by atomic mass is 10.0. The van der Waals surface area contributed by atoms with Crippen LogP contribution in [-0.4, -0.2) is 56.5 Å². The Labute approximate surface area is 138 Å². The van der Waals surface area contributed by atoms with E-state index in [0.717, 1.165) is 19.3 Å². The Balaban J connectivity index is 2.22. The summed E-state index contributed by atoms with van der Waals surface area (Å²) in [5, 5.41) is 9.15. The molecule has 0 aromatic carbocycles. The summed E-state index contributed by atoms with van der Waals surface area (Å²) in [6.45, 7) is 7.36. The second-order valence-electron chi connectivity index (χ2n) is 6.93. The normalized spacial score (nSPS) is 19.8. The van der Waals surface area contributed by atoms with E-state index in [1.807, 2.05) is 20.8 Å². The summed E-state index contributed by atoms with van der Waals surface area (Å²) >= 11 is 0. The van der Waals surface area contributed by atoms with Gasteiger partial charge in [-0.05, 0) is 40.0 Å². The highest BCUT2D eigenvalue weighted by molar-refractivity contribution is 5.76. The van der Waals surface area contributed by atoms with Crippen molar-refractivity contribution in [2.24, 2.45) is 0 Å². The maximum atomic E-state index is 11.6. The van der Waals surface area contributed by atoms with Crippen LogP contribution in [0.3, 0.4) is 0 Å². The van der Waals surface area contributed by atoms with Gasteiger partial charge in [0.1, 0.15) is 5.60 Å². The van der Waals surface area contributed by atoms with Gasteiger partial charge in [0, 0.05) is 38.7 Å². The molecule has 1 aliphatic rings. The number of carbonyl (C=O) groups excluding carboxylic acids is 2. The van der Waals surface area contributed by atoms with Crippen LogP contribution in [0.2, 0.25) is 0 Å². The molecule has 2 atom stereocenters. The fourth-order valence-corrected chi connectivity index (χ4v) is 2.48.